The van der Waals surface area contributed by atoms with Crippen LogP contribution in [0.5, 0.6) is 5.75 Å². The van der Waals surface area contributed by atoms with E-state index in [-0.39, 0.29) is 12.4 Å². The zero-order chi connectivity index (χ0) is 18.3. The predicted molar refractivity (Wildman–Crippen MR) is 103 cm³/mol. The number of hydrogen-bond donors (Lipinski definition) is 0. The van der Waals surface area contributed by atoms with Crippen molar-refractivity contribution in [2.24, 2.45) is 0 Å². The number of rotatable bonds is 4. The zero-order valence-corrected chi connectivity index (χ0v) is 15.7. The van der Waals surface area contributed by atoms with Gasteiger partial charge < -0.3 is 9.15 Å². The average Bonchev–Trinajstić information content (AvgIpc) is 3.07. The molecule has 0 radical (unpaired) electrons. The van der Waals surface area contributed by atoms with Gasteiger partial charge in [0.25, 0.3) is 0 Å². The zero-order valence-electron chi connectivity index (χ0n) is 13.3. The maximum Gasteiger partial charge on any atom is 0.341 e. The number of ether oxygens (including phenoxy) is 1. The maximum absolute atomic E-state index is 12.7. The van der Waals surface area contributed by atoms with Gasteiger partial charge in [0.1, 0.15) is 17.9 Å². The molecule has 1 aliphatic heterocycles. The van der Waals surface area contributed by atoms with Crippen LogP contribution in [0.15, 0.2) is 56.6 Å². The number of halogens is 2. The van der Waals surface area contributed by atoms with Gasteiger partial charge >= 0.3 is 5.63 Å². The van der Waals surface area contributed by atoms with Crippen LogP contribution in [0, 0.1) is 0 Å². The normalized spacial score (nSPS) is 15.8. The van der Waals surface area contributed by atoms with Crippen molar-refractivity contribution in [2.45, 2.75) is 10.8 Å². The summed E-state index contributed by atoms with van der Waals surface area (Å²) in [6.07, 6.45) is 0. The van der Waals surface area contributed by atoms with Crippen molar-refractivity contribution in [3.8, 4) is 5.75 Å². The molecule has 0 N–H and O–H groups in total. The van der Waals surface area contributed by atoms with Gasteiger partial charge in [-0.25, -0.2) is 4.79 Å². The highest BCUT2D eigenvalue weighted by Crippen LogP contribution is 2.42. The number of thioether (sulfide) groups is 1. The Labute approximate surface area is 163 Å². The largest absolute Gasteiger partial charge is 0.484 e. The van der Waals surface area contributed by atoms with Gasteiger partial charge in [0, 0.05) is 21.1 Å². The van der Waals surface area contributed by atoms with Crippen LogP contribution in [0.4, 0.5) is 0 Å². The number of benzene rings is 2. The Bertz CT molecular complexity index is 1080. The van der Waals surface area contributed by atoms with Crippen LogP contribution in [-0.2, 0) is 4.79 Å². The minimum Gasteiger partial charge on any atom is -0.484 e. The molecule has 7 heteroatoms. The summed E-state index contributed by atoms with van der Waals surface area (Å²) in [5, 5.41) is 1.67. The number of carbonyl (C=O) groups is 1. The highest BCUT2D eigenvalue weighted by molar-refractivity contribution is 8.00. The smallest absolute Gasteiger partial charge is 0.341 e. The Balaban J connectivity index is 1.60. The van der Waals surface area contributed by atoms with E-state index in [4.69, 9.17) is 32.4 Å². The lowest BCUT2D eigenvalue weighted by atomic mass is 9.97. The van der Waals surface area contributed by atoms with E-state index in [1.165, 1.54) is 11.8 Å². The van der Waals surface area contributed by atoms with Gasteiger partial charge in [-0.05, 0) is 24.3 Å². The molecule has 0 fully saturated rings. The minimum absolute atomic E-state index is 0.182. The van der Waals surface area contributed by atoms with E-state index in [9.17, 15) is 9.59 Å². The Hall–Kier alpha value is -1.95. The van der Waals surface area contributed by atoms with Gasteiger partial charge in [0.05, 0.1) is 16.5 Å². The van der Waals surface area contributed by atoms with E-state index in [0.717, 1.165) is 10.3 Å². The summed E-state index contributed by atoms with van der Waals surface area (Å²) < 4.78 is 10.9. The minimum atomic E-state index is -0.554. The third kappa shape index (κ3) is 3.11. The fourth-order valence-electron chi connectivity index (χ4n) is 2.94. The monoisotopic (exact) mass is 406 g/mol. The second-order valence-corrected chi connectivity index (χ2v) is 7.70. The Kier molecular flexibility index (Phi) is 4.69. The third-order valence-corrected chi connectivity index (χ3v) is 5.95. The van der Waals surface area contributed by atoms with E-state index in [1.54, 1.807) is 24.3 Å². The van der Waals surface area contributed by atoms with Gasteiger partial charge in [0.2, 0.25) is 0 Å². The SMILES string of the molecule is O=C(COc1ccc(Cl)cc1Cl)C1CSc2c1c(=O)oc1ccccc21. The number of hydrogen-bond acceptors (Lipinski definition) is 5. The lowest BCUT2D eigenvalue weighted by molar-refractivity contribution is -0.122. The van der Waals surface area contributed by atoms with Gasteiger partial charge in [-0.1, -0.05) is 41.4 Å². The van der Waals surface area contributed by atoms with E-state index >= 15 is 0 Å². The first-order chi connectivity index (χ1) is 12.5. The number of carbonyl (C=O) groups excluding carboxylic acids is 1. The van der Waals surface area contributed by atoms with Crippen molar-refractivity contribution in [1.82, 2.24) is 0 Å². The van der Waals surface area contributed by atoms with Crippen LogP contribution in [0.25, 0.3) is 11.0 Å². The highest BCUT2D eigenvalue weighted by Gasteiger charge is 2.34. The molecule has 1 aromatic heterocycles. The van der Waals surface area contributed by atoms with E-state index < -0.39 is 11.5 Å². The summed E-state index contributed by atoms with van der Waals surface area (Å²) in [5.41, 5.74) is 0.483. The average molecular weight is 407 g/mol. The summed E-state index contributed by atoms with van der Waals surface area (Å²) in [6, 6.07) is 12.1. The summed E-state index contributed by atoms with van der Waals surface area (Å²) >= 11 is 13.4. The molecule has 1 unspecified atom stereocenters. The third-order valence-electron chi connectivity index (χ3n) is 4.19. The highest BCUT2D eigenvalue weighted by atomic mass is 35.5. The molecular weight excluding hydrogens is 395 g/mol. The fourth-order valence-corrected chi connectivity index (χ4v) is 4.79. The number of ketones is 1. The molecule has 0 saturated carbocycles. The van der Waals surface area contributed by atoms with Gasteiger partial charge in [-0.2, -0.15) is 0 Å². The molecule has 0 spiro atoms. The van der Waals surface area contributed by atoms with Crippen molar-refractivity contribution in [1.29, 1.82) is 0 Å². The van der Waals surface area contributed by atoms with Crippen molar-refractivity contribution in [2.75, 3.05) is 12.4 Å². The van der Waals surface area contributed by atoms with Crippen molar-refractivity contribution < 1.29 is 13.9 Å². The van der Waals surface area contributed by atoms with E-state index in [2.05, 4.69) is 0 Å². The van der Waals surface area contributed by atoms with Crippen LogP contribution in [0.1, 0.15) is 11.5 Å². The first-order valence-corrected chi connectivity index (χ1v) is 9.58. The topological polar surface area (TPSA) is 56.5 Å². The summed E-state index contributed by atoms with van der Waals surface area (Å²) in [7, 11) is 0. The standard InChI is InChI=1S/C19H12Cl2O4S/c20-10-5-6-16(13(21)7-10)24-8-14(22)12-9-26-18-11-3-1-2-4-15(11)25-19(23)17(12)18/h1-7,12H,8-9H2. The maximum atomic E-state index is 12.7. The van der Waals surface area contributed by atoms with Crippen LogP contribution in [-0.4, -0.2) is 18.1 Å². The molecule has 26 heavy (non-hydrogen) atoms. The van der Waals surface area contributed by atoms with Crippen molar-refractivity contribution in [3.05, 3.63) is 68.5 Å². The molecule has 2 heterocycles. The number of para-hydroxylation sites is 1. The lowest BCUT2D eigenvalue weighted by Gasteiger charge is -2.11. The van der Waals surface area contributed by atoms with Crippen molar-refractivity contribution in [3.63, 3.8) is 0 Å². The lowest BCUT2D eigenvalue weighted by Crippen LogP contribution is -2.24. The Morgan fingerprint density at radius 2 is 2.04 bits per heavy atom. The Morgan fingerprint density at radius 3 is 2.85 bits per heavy atom. The quantitative estimate of drug-likeness (QED) is 0.574. The van der Waals surface area contributed by atoms with Crippen LogP contribution in [0.3, 0.4) is 0 Å². The molecule has 132 valence electrons. The molecule has 2 aromatic carbocycles. The molecule has 3 aromatic rings. The molecule has 0 saturated heterocycles. The van der Waals surface area contributed by atoms with Crippen LogP contribution < -0.4 is 10.4 Å². The molecule has 0 amide bonds. The summed E-state index contributed by atoms with van der Waals surface area (Å²) in [5.74, 6) is 0.123. The van der Waals surface area contributed by atoms with Crippen LogP contribution in [0.2, 0.25) is 10.0 Å². The molecular formula is C19H12Cl2O4S. The molecule has 4 rings (SSSR count). The molecule has 0 bridgehead atoms. The molecule has 0 aliphatic carbocycles. The van der Waals surface area contributed by atoms with Gasteiger partial charge in [-0.15, -0.1) is 11.8 Å². The molecule has 4 nitrogen and oxygen atoms in total. The van der Waals surface area contributed by atoms with Crippen LogP contribution >= 0.6 is 35.0 Å². The summed E-state index contributed by atoms with van der Waals surface area (Å²) in [4.78, 5) is 25.9. The second-order valence-electron chi connectivity index (χ2n) is 5.82. The summed E-state index contributed by atoms with van der Waals surface area (Å²) in [6.45, 7) is -0.182. The van der Waals surface area contributed by atoms with E-state index in [1.807, 2.05) is 18.2 Å². The van der Waals surface area contributed by atoms with Crippen molar-refractivity contribution >= 4 is 51.7 Å². The number of Topliss-reactive ketones (excluding diaryl/α,β-unsaturated/α-hetero) is 1. The fraction of sp³-hybridized carbons (Fsp3) is 0.158. The Morgan fingerprint density at radius 1 is 1.23 bits per heavy atom. The first kappa shape index (κ1) is 17.5. The second kappa shape index (κ2) is 6.99. The first-order valence-electron chi connectivity index (χ1n) is 7.83. The van der Waals surface area contributed by atoms with Gasteiger partial charge in [0.15, 0.2) is 5.78 Å². The predicted octanol–water partition coefficient (Wildman–Crippen LogP) is 4.94. The number of fused-ring (bicyclic) bond motifs is 3. The van der Waals surface area contributed by atoms with Gasteiger partial charge in [-0.3, -0.25) is 4.79 Å². The molecule has 1 atom stereocenters. The van der Waals surface area contributed by atoms with E-state index in [0.29, 0.717) is 32.7 Å². The molecule has 1 aliphatic rings.